The molecule has 4 aliphatic carbocycles. The van der Waals surface area contributed by atoms with E-state index in [4.69, 9.17) is 15.4 Å². The third-order valence-electron chi connectivity index (χ3n) is 15.4. The Morgan fingerprint density at radius 2 is 1.58 bits per heavy atom. The summed E-state index contributed by atoms with van der Waals surface area (Å²) < 4.78 is 14.7. The molecule has 298 valence electrons. The Kier molecular flexibility index (Phi) is 14.5. The molecule has 1 N–H and O–H groups in total. The Bertz CT molecular complexity index is 1290. The van der Waals surface area contributed by atoms with Crippen LogP contribution >= 0.6 is 0 Å². The first-order valence-electron chi connectivity index (χ1n) is 21.7. The SMILES string of the molecule is C=C1C(=CC=C2CCC[C@]3(C)[C@@H]([C@H](C)C(O)CC(=O)C4CC4)CC[C@@H]23)CCC[C@@H]1C(C[C@@H](CCCC)O[Si](C)(C)C(C)(C)C)O[Si](C)(C)C(C)(C)C. The van der Waals surface area contributed by atoms with Crippen molar-refractivity contribution in [1.82, 2.24) is 0 Å². The van der Waals surface area contributed by atoms with Gasteiger partial charge in [0.15, 0.2) is 16.6 Å². The van der Waals surface area contributed by atoms with Crippen molar-refractivity contribution in [2.75, 3.05) is 0 Å². The van der Waals surface area contributed by atoms with Crippen molar-refractivity contribution in [2.45, 2.75) is 213 Å². The van der Waals surface area contributed by atoms with Gasteiger partial charge in [-0.25, -0.2) is 0 Å². The molecule has 0 amide bonds. The van der Waals surface area contributed by atoms with Gasteiger partial charge in [-0.05, 0) is 148 Å². The first-order chi connectivity index (χ1) is 24.0. The van der Waals surface area contributed by atoms with Gasteiger partial charge in [-0.2, -0.15) is 0 Å². The van der Waals surface area contributed by atoms with Gasteiger partial charge in [0.2, 0.25) is 0 Å². The number of aliphatic hydroxyl groups excluding tert-OH is 1. The lowest BCUT2D eigenvalue weighted by Crippen LogP contribution is -2.49. The fourth-order valence-electron chi connectivity index (χ4n) is 9.63. The number of hydrogen-bond acceptors (Lipinski definition) is 4. The van der Waals surface area contributed by atoms with Crippen molar-refractivity contribution >= 4 is 22.4 Å². The average molecular weight is 755 g/mol. The molecule has 4 nitrogen and oxygen atoms in total. The molecule has 4 saturated carbocycles. The van der Waals surface area contributed by atoms with Gasteiger partial charge in [-0.1, -0.05) is 99.5 Å². The summed E-state index contributed by atoms with van der Waals surface area (Å²) in [7, 11) is -4.01. The van der Waals surface area contributed by atoms with Crippen molar-refractivity contribution in [2.24, 2.45) is 35.0 Å². The van der Waals surface area contributed by atoms with E-state index < -0.39 is 22.7 Å². The van der Waals surface area contributed by atoms with Gasteiger partial charge in [-0.3, -0.25) is 4.79 Å². The van der Waals surface area contributed by atoms with E-state index in [9.17, 15) is 9.90 Å². The van der Waals surface area contributed by atoms with Crippen molar-refractivity contribution < 1.29 is 18.8 Å². The zero-order chi connectivity index (χ0) is 38.9. The first-order valence-corrected chi connectivity index (χ1v) is 27.5. The van der Waals surface area contributed by atoms with Crippen molar-refractivity contribution in [1.29, 1.82) is 0 Å². The summed E-state index contributed by atoms with van der Waals surface area (Å²) in [5.41, 5.74) is 4.52. The Labute approximate surface area is 323 Å². The van der Waals surface area contributed by atoms with E-state index >= 15 is 0 Å². The fourth-order valence-corrected chi connectivity index (χ4v) is 12.4. The smallest absolute Gasteiger partial charge is 0.192 e. The molecule has 8 atom stereocenters. The van der Waals surface area contributed by atoms with Crippen LogP contribution in [0, 0.1) is 35.0 Å². The van der Waals surface area contributed by atoms with E-state index in [0.29, 0.717) is 24.2 Å². The maximum absolute atomic E-state index is 12.6. The van der Waals surface area contributed by atoms with Gasteiger partial charge >= 0.3 is 0 Å². The Hall–Kier alpha value is -0.796. The van der Waals surface area contributed by atoms with E-state index in [1.54, 1.807) is 5.57 Å². The lowest BCUT2D eigenvalue weighted by atomic mass is 9.60. The molecule has 4 fully saturated rings. The molecule has 0 bridgehead atoms. The van der Waals surface area contributed by atoms with Crippen LogP contribution in [0.3, 0.4) is 0 Å². The highest BCUT2D eigenvalue weighted by Gasteiger charge is 2.52. The lowest BCUT2D eigenvalue weighted by Gasteiger charge is -2.45. The van der Waals surface area contributed by atoms with Gasteiger partial charge in [0.1, 0.15) is 5.78 Å². The molecular weight excluding hydrogens is 673 g/mol. The molecule has 2 unspecified atom stereocenters. The van der Waals surface area contributed by atoms with Crippen LogP contribution in [0.1, 0.15) is 159 Å². The first kappa shape index (κ1) is 43.9. The number of rotatable bonds is 16. The Morgan fingerprint density at radius 1 is 0.942 bits per heavy atom. The predicted octanol–water partition coefficient (Wildman–Crippen LogP) is 13.1. The van der Waals surface area contributed by atoms with Crippen LogP contribution in [0.15, 0.2) is 35.5 Å². The summed E-state index contributed by atoms with van der Waals surface area (Å²) >= 11 is 0. The van der Waals surface area contributed by atoms with Gasteiger partial charge in [0.05, 0.1) is 12.2 Å². The lowest BCUT2D eigenvalue weighted by molar-refractivity contribution is -0.123. The molecule has 0 spiro atoms. The molecule has 0 saturated heterocycles. The quantitative estimate of drug-likeness (QED) is 0.159. The maximum Gasteiger partial charge on any atom is 0.192 e. The highest BCUT2D eigenvalue weighted by Crippen LogP contribution is 2.60. The van der Waals surface area contributed by atoms with Crippen LogP contribution in [-0.4, -0.2) is 45.8 Å². The normalized spacial score (nSPS) is 30.3. The van der Waals surface area contributed by atoms with Crippen LogP contribution in [0.25, 0.3) is 0 Å². The van der Waals surface area contributed by atoms with Crippen molar-refractivity contribution in [3.05, 3.63) is 35.5 Å². The van der Waals surface area contributed by atoms with E-state index in [-0.39, 0.29) is 45.3 Å². The van der Waals surface area contributed by atoms with Gasteiger partial charge in [0, 0.05) is 24.4 Å². The highest BCUT2D eigenvalue weighted by atomic mass is 28.4. The Morgan fingerprint density at radius 3 is 2.17 bits per heavy atom. The van der Waals surface area contributed by atoms with Crippen molar-refractivity contribution in [3.63, 3.8) is 0 Å². The predicted molar refractivity (Wildman–Crippen MR) is 227 cm³/mol. The number of carbonyl (C=O) groups is 1. The van der Waals surface area contributed by atoms with E-state index in [2.05, 4.69) is 101 Å². The topological polar surface area (TPSA) is 55.8 Å². The largest absolute Gasteiger partial charge is 0.414 e. The van der Waals surface area contributed by atoms with E-state index in [1.165, 1.54) is 56.1 Å². The number of aliphatic hydroxyl groups is 1. The van der Waals surface area contributed by atoms with Crippen LogP contribution in [-0.2, 0) is 13.6 Å². The Balaban J connectivity index is 1.57. The molecule has 0 aromatic rings. The number of fused-ring (bicyclic) bond motifs is 1. The van der Waals surface area contributed by atoms with Crippen LogP contribution in [0.4, 0.5) is 0 Å². The summed E-state index contributed by atoms with van der Waals surface area (Å²) in [6, 6.07) is 0. The summed E-state index contributed by atoms with van der Waals surface area (Å²) in [6.45, 7) is 35.7. The van der Waals surface area contributed by atoms with Gasteiger partial charge < -0.3 is 14.0 Å². The van der Waals surface area contributed by atoms with Gasteiger partial charge in [0.25, 0.3) is 0 Å². The van der Waals surface area contributed by atoms with Crippen LogP contribution in [0.5, 0.6) is 0 Å². The summed E-state index contributed by atoms with van der Waals surface area (Å²) in [4.78, 5) is 12.6. The molecule has 6 heteroatoms. The second kappa shape index (κ2) is 17.1. The monoisotopic (exact) mass is 755 g/mol. The van der Waals surface area contributed by atoms with E-state index in [0.717, 1.165) is 44.9 Å². The molecule has 0 aliphatic heterocycles. The van der Waals surface area contributed by atoms with Crippen LogP contribution < -0.4 is 0 Å². The summed E-state index contributed by atoms with van der Waals surface area (Å²) in [5.74, 6) is 2.02. The number of Topliss-reactive ketones (excluding diaryl/α,β-unsaturated/α-hetero) is 1. The molecule has 0 heterocycles. The standard InChI is InChI=1S/C46H82O4Si2/c1-15-16-21-37(49-51(11,12)44(4,5)6)30-43(50-52(13,14)45(7,8)9)38-22-17-19-34(32(38)2)23-24-35-20-18-29-46(10)39(27-28-40(35)46)33(3)41(47)31-42(48)36-25-26-36/h23-24,33,36-41,43,47H,2,15-22,25-31H2,1,3-14H3/t33-,37+,38-,39+,40-,41?,43?,46+/m0/s1. The molecule has 0 radical (unpaired) electrons. The zero-order valence-electron chi connectivity index (χ0n) is 36.3. The maximum atomic E-state index is 12.6. The number of allylic oxidation sites excluding steroid dienone is 4. The average Bonchev–Trinajstić information content (AvgIpc) is 3.82. The fraction of sp³-hybridized carbons (Fsp3) is 0.848. The molecule has 0 aromatic carbocycles. The minimum atomic E-state index is -2.05. The number of hydrogen-bond donors (Lipinski definition) is 1. The minimum Gasteiger partial charge on any atom is -0.414 e. The van der Waals surface area contributed by atoms with Gasteiger partial charge in [-0.15, -0.1) is 0 Å². The summed E-state index contributed by atoms with van der Waals surface area (Å²) in [6.07, 6.45) is 21.0. The number of carbonyl (C=O) groups excluding carboxylic acids is 1. The highest BCUT2D eigenvalue weighted by molar-refractivity contribution is 6.74. The number of ketones is 1. The molecule has 4 rings (SSSR count). The van der Waals surface area contributed by atoms with Crippen LogP contribution in [0.2, 0.25) is 36.3 Å². The second-order valence-corrected chi connectivity index (χ2v) is 30.7. The van der Waals surface area contributed by atoms with E-state index in [1.807, 2.05) is 0 Å². The minimum absolute atomic E-state index is 0.115. The third-order valence-corrected chi connectivity index (χ3v) is 24.4. The molecule has 52 heavy (non-hydrogen) atoms. The number of unbranched alkanes of at least 4 members (excludes halogenated alkanes) is 1. The molecule has 0 aromatic heterocycles. The molecule has 4 aliphatic rings. The molecular formula is C46H82O4Si2. The summed E-state index contributed by atoms with van der Waals surface area (Å²) in [5, 5.41) is 11.5. The second-order valence-electron chi connectivity index (χ2n) is 21.2. The zero-order valence-corrected chi connectivity index (χ0v) is 38.3. The third kappa shape index (κ3) is 10.3. The van der Waals surface area contributed by atoms with Crippen molar-refractivity contribution in [3.8, 4) is 0 Å².